The number of fused-ring (bicyclic) bond motifs is 1. The molecule has 0 bridgehead atoms. The molecule has 0 aliphatic carbocycles. The normalized spacial score (nSPS) is 10.9. The molecule has 0 spiro atoms. The molecule has 7 N–H and O–H groups in total. The average molecular weight is 258 g/mol. The topological polar surface area (TPSA) is 147 Å². The smallest absolute Gasteiger partial charge is 0.278 e. The summed E-state index contributed by atoms with van der Waals surface area (Å²) in [7, 11) is 0. The maximum atomic E-state index is 11.7. The molecule has 3 aromatic rings. The van der Waals surface area contributed by atoms with Crippen LogP contribution in [0.15, 0.2) is 23.0 Å². The molecule has 0 atom stereocenters. The van der Waals surface area contributed by atoms with Gasteiger partial charge in [0.25, 0.3) is 5.56 Å². The van der Waals surface area contributed by atoms with Gasteiger partial charge in [0.1, 0.15) is 11.6 Å². The number of hydrogen-bond donors (Lipinski definition) is 5. The van der Waals surface area contributed by atoms with Crippen molar-refractivity contribution in [2.24, 2.45) is 0 Å². The van der Waals surface area contributed by atoms with E-state index < -0.39 is 5.56 Å². The van der Waals surface area contributed by atoms with Crippen LogP contribution in [0.3, 0.4) is 0 Å². The molecule has 1 aromatic carbocycles. The van der Waals surface area contributed by atoms with Crippen molar-refractivity contribution in [3.63, 3.8) is 0 Å². The van der Waals surface area contributed by atoms with Crippen molar-refractivity contribution in [1.82, 2.24) is 19.9 Å². The third-order valence-corrected chi connectivity index (χ3v) is 2.70. The summed E-state index contributed by atoms with van der Waals surface area (Å²) in [5.74, 6) is 0.168. The Morgan fingerprint density at radius 3 is 2.74 bits per heavy atom. The summed E-state index contributed by atoms with van der Waals surface area (Å²) in [4.78, 5) is 24.8. The standard InChI is InChI=1S/C11H10N6O2/c12-5-3-1-2-4(7(5)18)8-14-6-9(15-8)16-11(13)17-10(6)19/h1-3,18H,12H2,(H4,13,14,15,16,17,19). The quantitative estimate of drug-likeness (QED) is 0.311. The Morgan fingerprint density at radius 2 is 1.95 bits per heavy atom. The van der Waals surface area contributed by atoms with Crippen LogP contribution < -0.4 is 17.0 Å². The van der Waals surface area contributed by atoms with Crippen LogP contribution in [0.1, 0.15) is 0 Å². The third kappa shape index (κ3) is 1.66. The molecule has 19 heavy (non-hydrogen) atoms. The number of nitrogens with one attached hydrogen (secondary N) is 2. The van der Waals surface area contributed by atoms with Gasteiger partial charge >= 0.3 is 0 Å². The number of anilines is 2. The second kappa shape index (κ2) is 3.73. The number of rotatable bonds is 1. The SMILES string of the molecule is Nc1nc2nc(-c3cccc(N)c3O)[nH]c2c(=O)[nH]1. The fraction of sp³-hybridized carbons (Fsp3) is 0. The molecule has 0 unspecified atom stereocenters. The van der Waals surface area contributed by atoms with Crippen molar-refractivity contribution in [2.45, 2.75) is 0 Å². The minimum absolute atomic E-state index is 0.0210. The summed E-state index contributed by atoms with van der Waals surface area (Å²) in [5, 5.41) is 9.88. The van der Waals surface area contributed by atoms with E-state index in [4.69, 9.17) is 11.5 Å². The Labute approximate surface area is 106 Å². The van der Waals surface area contributed by atoms with Crippen LogP contribution in [0.5, 0.6) is 5.75 Å². The number of hydrogen-bond acceptors (Lipinski definition) is 6. The number of nitrogens with two attached hydrogens (primary N) is 2. The molecule has 0 aliphatic heterocycles. The number of aromatic amines is 2. The number of imidazole rings is 1. The van der Waals surface area contributed by atoms with Crippen molar-refractivity contribution in [2.75, 3.05) is 11.5 Å². The van der Waals surface area contributed by atoms with Crippen LogP contribution in [0.2, 0.25) is 0 Å². The molecular formula is C11H10N6O2. The minimum atomic E-state index is -0.426. The lowest BCUT2D eigenvalue weighted by Crippen LogP contribution is -2.10. The summed E-state index contributed by atoms with van der Waals surface area (Å²) in [6.07, 6.45) is 0. The van der Waals surface area contributed by atoms with Crippen LogP contribution >= 0.6 is 0 Å². The molecule has 0 fully saturated rings. The van der Waals surface area contributed by atoms with Gasteiger partial charge in [-0.05, 0) is 12.1 Å². The fourth-order valence-corrected chi connectivity index (χ4v) is 1.80. The van der Waals surface area contributed by atoms with E-state index in [1.165, 1.54) is 0 Å². The van der Waals surface area contributed by atoms with Gasteiger partial charge in [-0.3, -0.25) is 9.78 Å². The van der Waals surface area contributed by atoms with Gasteiger partial charge in [-0.1, -0.05) is 6.07 Å². The lowest BCUT2D eigenvalue weighted by Gasteiger charge is -2.02. The first-order valence-corrected chi connectivity index (χ1v) is 5.39. The number of phenols is 1. The largest absolute Gasteiger partial charge is 0.505 e. The summed E-state index contributed by atoms with van der Waals surface area (Å²) >= 11 is 0. The summed E-state index contributed by atoms with van der Waals surface area (Å²) < 4.78 is 0. The van der Waals surface area contributed by atoms with Gasteiger partial charge in [-0.2, -0.15) is 4.98 Å². The zero-order valence-corrected chi connectivity index (χ0v) is 9.64. The number of H-pyrrole nitrogens is 2. The highest BCUT2D eigenvalue weighted by Crippen LogP contribution is 2.32. The second-order valence-corrected chi connectivity index (χ2v) is 3.98. The van der Waals surface area contributed by atoms with Crippen LogP contribution in [-0.4, -0.2) is 25.0 Å². The van der Waals surface area contributed by atoms with Crippen LogP contribution in [0.25, 0.3) is 22.6 Å². The average Bonchev–Trinajstić information content (AvgIpc) is 2.76. The highest BCUT2D eigenvalue weighted by molar-refractivity contribution is 5.80. The number of benzene rings is 1. The fourth-order valence-electron chi connectivity index (χ4n) is 1.80. The van der Waals surface area contributed by atoms with E-state index in [0.717, 1.165) is 0 Å². The van der Waals surface area contributed by atoms with Crippen LogP contribution in [0.4, 0.5) is 11.6 Å². The van der Waals surface area contributed by atoms with Crippen molar-refractivity contribution in [1.29, 1.82) is 0 Å². The number of nitrogen functional groups attached to an aromatic ring is 2. The van der Waals surface area contributed by atoms with E-state index in [2.05, 4.69) is 19.9 Å². The van der Waals surface area contributed by atoms with E-state index in [0.29, 0.717) is 11.4 Å². The Bertz CT molecular complexity index is 835. The maximum absolute atomic E-state index is 11.7. The number of phenolic OH excluding ortho intramolecular Hbond substituents is 1. The molecule has 0 radical (unpaired) electrons. The number of aromatic hydroxyl groups is 1. The highest BCUT2D eigenvalue weighted by atomic mass is 16.3. The monoisotopic (exact) mass is 258 g/mol. The van der Waals surface area contributed by atoms with Gasteiger partial charge in [-0.25, -0.2) is 4.98 Å². The predicted molar refractivity (Wildman–Crippen MR) is 70.4 cm³/mol. The first kappa shape index (κ1) is 11.1. The molecule has 8 nitrogen and oxygen atoms in total. The number of nitrogens with zero attached hydrogens (tertiary/aromatic N) is 2. The Balaban J connectivity index is 2.30. The molecule has 2 heterocycles. The molecule has 0 aliphatic rings. The first-order chi connectivity index (χ1) is 9.06. The highest BCUT2D eigenvalue weighted by Gasteiger charge is 2.14. The molecule has 0 amide bonds. The van der Waals surface area contributed by atoms with E-state index >= 15 is 0 Å². The molecule has 3 rings (SSSR count). The predicted octanol–water partition coefficient (Wildman–Crippen LogP) is 0.183. The second-order valence-electron chi connectivity index (χ2n) is 3.98. The lowest BCUT2D eigenvalue weighted by atomic mass is 10.1. The van der Waals surface area contributed by atoms with E-state index in [9.17, 15) is 9.90 Å². The van der Waals surface area contributed by atoms with Gasteiger partial charge < -0.3 is 21.6 Å². The van der Waals surface area contributed by atoms with Crippen molar-refractivity contribution in [3.8, 4) is 17.1 Å². The first-order valence-electron chi connectivity index (χ1n) is 5.39. The van der Waals surface area contributed by atoms with Crippen molar-refractivity contribution >= 4 is 22.8 Å². The van der Waals surface area contributed by atoms with Crippen molar-refractivity contribution in [3.05, 3.63) is 28.6 Å². The van der Waals surface area contributed by atoms with Gasteiger partial charge in [-0.15, -0.1) is 0 Å². The summed E-state index contributed by atoms with van der Waals surface area (Å²) in [5.41, 5.74) is 11.6. The van der Waals surface area contributed by atoms with E-state index in [-0.39, 0.29) is 28.5 Å². The minimum Gasteiger partial charge on any atom is -0.505 e. The van der Waals surface area contributed by atoms with Gasteiger partial charge in [0.05, 0.1) is 11.3 Å². The van der Waals surface area contributed by atoms with Crippen LogP contribution in [0, 0.1) is 0 Å². The molecule has 8 heteroatoms. The summed E-state index contributed by atoms with van der Waals surface area (Å²) in [6.45, 7) is 0. The lowest BCUT2D eigenvalue weighted by molar-refractivity contribution is 0.479. The molecule has 0 saturated carbocycles. The Kier molecular flexibility index (Phi) is 2.18. The van der Waals surface area contributed by atoms with Gasteiger partial charge in [0.15, 0.2) is 11.2 Å². The van der Waals surface area contributed by atoms with Gasteiger partial charge in [0, 0.05) is 0 Å². The molecular weight excluding hydrogens is 248 g/mol. The van der Waals surface area contributed by atoms with Gasteiger partial charge in [0.2, 0.25) is 5.95 Å². The third-order valence-electron chi connectivity index (χ3n) is 2.70. The maximum Gasteiger partial charge on any atom is 0.278 e. The zero-order chi connectivity index (χ0) is 13.6. The van der Waals surface area contributed by atoms with Crippen LogP contribution in [-0.2, 0) is 0 Å². The molecule has 96 valence electrons. The van der Waals surface area contributed by atoms with E-state index in [1.54, 1.807) is 18.2 Å². The summed E-state index contributed by atoms with van der Waals surface area (Å²) in [6, 6.07) is 4.86. The number of para-hydroxylation sites is 1. The van der Waals surface area contributed by atoms with E-state index in [1.807, 2.05) is 0 Å². The van der Waals surface area contributed by atoms with Crippen molar-refractivity contribution < 1.29 is 5.11 Å². The number of aromatic nitrogens is 4. The molecule has 2 aromatic heterocycles. The zero-order valence-electron chi connectivity index (χ0n) is 9.64. The molecule has 0 saturated heterocycles. The Morgan fingerprint density at radius 1 is 1.16 bits per heavy atom. The Hall–Kier alpha value is -3.03.